The van der Waals surface area contributed by atoms with Gasteiger partial charge in [-0.1, -0.05) is 0 Å². The van der Waals surface area contributed by atoms with Gasteiger partial charge < -0.3 is 20.4 Å². The molecule has 5 rings (SSSR count). The summed E-state index contributed by atoms with van der Waals surface area (Å²) < 4.78 is 5.21. The summed E-state index contributed by atoms with van der Waals surface area (Å²) in [6.07, 6.45) is 3.19. The number of phenolic OH excluding ortho intramolecular Hbond substituents is 1. The molecule has 1 aromatic heterocycles. The number of primary amides is 1. The minimum atomic E-state index is -2.73. The maximum absolute atomic E-state index is 13.8. The van der Waals surface area contributed by atoms with Crippen LogP contribution in [0.2, 0.25) is 0 Å². The zero-order valence-electron chi connectivity index (χ0n) is 20.0. The van der Waals surface area contributed by atoms with Gasteiger partial charge in [0.1, 0.15) is 5.75 Å². The number of carbonyl (C=O) groups is 5. The van der Waals surface area contributed by atoms with E-state index in [0.29, 0.717) is 22.3 Å². The summed E-state index contributed by atoms with van der Waals surface area (Å²) in [5.74, 6) is -10.5. The van der Waals surface area contributed by atoms with Crippen LogP contribution in [0.15, 0.2) is 29.1 Å². The van der Waals surface area contributed by atoms with Gasteiger partial charge in [-0.3, -0.25) is 28.9 Å². The summed E-state index contributed by atoms with van der Waals surface area (Å²) >= 11 is 0. The fraction of sp³-hybridized carbons (Fsp3) is 0.423. The lowest BCUT2D eigenvalue weighted by Crippen LogP contribution is -2.74. The van der Waals surface area contributed by atoms with Crippen molar-refractivity contribution in [3.05, 3.63) is 41.3 Å². The molecule has 1 heterocycles. The number of amides is 1. The van der Waals surface area contributed by atoms with Crippen LogP contribution in [0.1, 0.15) is 27.9 Å². The number of rotatable bonds is 3. The SMILES string of the molecule is Cc1cc(-c2ccoc2)c2c(c1O)C(=O)C1C(=O)[C@@]3(O)C(=O)C(C(N)=O)C(=O)[C@H](N(C)C)[C@H]3C[C@H]1C2. The standard InChI is InChI=1S/C26H26N2O8/c1-10-6-13(11-4-5-36-9-11)14-7-12-8-15-19(28(2)3)22(31)18(25(27)34)24(33)26(15,35)23(32)16(12)21(30)17(14)20(10)29/h4-6,9,12,15-16,18-19,29,35H,7-8H2,1-3H3,(H2,27,34)/t12-,15-,16?,18?,19-,26-/m1/s1. The first-order chi connectivity index (χ1) is 16.9. The van der Waals surface area contributed by atoms with Crippen LogP contribution in [0.25, 0.3) is 11.1 Å². The number of carbonyl (C=O) groups excluding carboxylic acids is 5. The molecular formula is C26H26N2O8. The molecule has 2 unspecified atom stereocenters. The van der Waals surface area contributed by atoms with E-state index in [1.807, 2.05) is 0 Å². The second kappa shape index (κ2) is 7.94. The van der Waals surface area contributed by atoms with Crippen molar-refractivity contribution in [2.45, 2.75) is 31.4 Å². The predicted molar refractivity (Wildman–Crippen MR) is 124 cm³/mol. The number of hydrogen-bond acceptors (Lipinski definition) is 9. The molecule has 0 aliphatic heterocycles. The number of hydrogen-bond donors (Lipinski definition) is 3. The Morgan fingerprint density at radius 2 is 1.89 bits per heavy atom. The van der Waals surface area contributed by atoms with Crippen LogP contribution in [0, 0.1) is 30.6 Å². The summed E-state index contributed by atoms with van der Waals surface area (Å²) in [4.78, 5) is 67.5. The molecular weight excluding hydrogens is 468 g/mol. The van der Waals surface area contributed by atoms with E-state index in [1.165, 1.54) is 17.4 Å². The first kappa shape index (κ1) is 24.1. The average molecular weight is 495 g/mol. The number of likely N-dealkylation sites (N-methyl/N-ethyl adjacent to an activating group) is 1. The molecule has 3 aliphatic rings. The minimum Gasteiger partial charge on any atom is -0.507 e. The number of fused-ring (bicyclic) bond motifs is 3. The first-order valence-electron chi connectivity index (χ1n) is 11.6. The third kappa shape index (κ3) is 3.00. The maximum atomic E-state index is 13.8. The normalized spacial score (nSPS) is 31.8. The lowest BCUT2D eigenvalue weighted by molar-refractivity contribution is -0.181. The van der Waals surface area contributed by atoms with E-state index in [-0.39, 0.29) is 24.2 Å². The Morgan fingerprint density at radius 1 is 1.19 bits per heavy atom. The molecule has 2 fully saturated rings. The third-order valence-corrected chi connectivity index (χ3v) is 8.08. The quantitative estimate of drug-likeness (QED) is 0.513. The molecule has 2 saturated carbocycles. The Morgan fingerprint density at radius 3 is 2.47 bits per heavy atom. The fourth-order valence-corrected chi connectivity index (χ4v) is 6.48. The van der Waals surface area contributed by atoms with Crippen molar-refractivity contribution in [2.75, 3.05) is 14.1 Å². The van der Waals surface area contributed by atoms with E-state index < -0.39 is 64.4 Å². The molecule has 1 aromatic carbocycles. The van der Waals surface area contributed by atoms with Crippen molar-refractivity contribution in [1.82, 2.24) is 4.90 Å². The van der Waals surface area contributed by atoms with E-state index in [0.717, 1.165) is 0 Å². The Bertz CT molecular complexity index is 1340. The van der Waals surface area contributed by atoms with Crippen LogP contribution in [0.5, 0.6) is 5.75 Å². The van der Waals surface area contributed by atoms with Gasteiger partial charge in [-0.05, 0) is 68.6 Å². The number of ketones is 4. The van der Waals surface area contributed by atoms with Crippen molar-refractivity contribution in [1.29, 1.82) is 0 Å². The summed E-state index contributed by atoms with van der Waals surface area (Å²) in [5, 5.41) is 22.4. The monoisotopic (exact) mass is 494 g/mol. The van der Waals surface area contributed by atoms with Gasteiger partial charge in [-0.25, -0.2) is 0 Å². The summed E-state index contributed by atoms with van der Waals surface area (Å²) in [7, 11) is 3.10. The molecule has 0 spiro atoms. The number of Topliss-reactive ketones (excluding diaryl/α,β-unsaturated/α-hetero) is 4. The number of nitrogens with zero attached hydrogens (tertiary/aromatic N) is 1. The van der Waals surface area contributed by atoms with Gasteiger partial charge in [0.15, 0.2) is 34.7 Å². The lowest BCUT2D eigenvalue weighted by atomic mass is 9.52. The number of aliphatic hydroxyl groups is 1. The number of benzene rings is 1. The highest BCUT2D eigenvalue weighted by atomic mass is 16.3. The Labute approximate surface area is 206 Å². The van der Waals surface area contributed by atoms with Crippen LogP contribution in [-0.4, -0.2) is 69.9 Å². The highest BCUT2D eigenvalue weighted by Gasteiger charge is 2.69. The molecule has 1 amide bonds. The number of nitrogens with two attached hydrogens (primary N) is 1. The van der Waals surface area contributed by atoms with E-state index >= 15 is 0 Å². The molecule has 2 aromatic rings. The van der Waals surface area contributed by atoms with Gasteiger partial charge in [0.25, 0.3) is 0 Å². The van der Waals surface area contributed by atoms with Crippen LogP contribution >= 0.6 is 0 Å². The van der Waals surface area contributed by atoms with E-state index in [1.54, 1.807) is 33.2 Å². The average Bonchev–Trinajstić information content (AvgIpc) is 3.33. The van der Waals surface area contributed by atoms with Gasteiger partial charge in [-0.2, -0.15) is 0 Å². The topological polar surface area (TPSA) is 168 Å². The number of furan rings is 1. The molecule has 10 nitrogen and oxygen atoms in total. The van der Waals surface area contributed by atoms with Crippen molar-refractivity contribution in [3.8, 4) is 16.9 Å². The molecule has 6 atom stereocenters. The minimum absolute atomic E-state index is 0.00333. The largest absolute Gasteiger partial charge is 0.507 e. The zero-order chi connectivity index (χ0) is 26.3. The highest BCUT2D eigenvalue weighted by molar-refractivity contribution is 6.32. The lowest BCUT2D eigenvalue weighted by Gasteiger charge is -2.52. The molecule has 0 bridgehead atoms. The molecule has 188 valence electrons. The number of aryl methyl sites for hydroxylation is 1. The molecule has 10 heteroatoms. The summed E-state index contributed by atoms with van der Waals surface area (Å²) in [6.45, 7) is 1.63. The Balaban J connectivity index is 1.69. The molecule has 0 saturated heterocycles. The number of phenols is 1. The van der Waals surface area contributed by atoms with E-state index in [9.17, 15) is 34.2 Å². The predicted octanol–water partition coefficient (Wildman–Crippen LogP) is 0.435. The third-order valence-electron chi connectivity index (χ3n) is 8.08. The molecule has 3 aliphatic carbocycles. The molecule has 0 radical (unpaired) electrons. The summed E-state index contributed by atoms with van der Waals surface area (Å²) in [6, 6.07) is 2.32. The van der Waals surface area contributed by atoms with Gasteiger partial charge in [0.2, 0.25) is 5.91 Å². The summed E-state index contributed by atoms with van der Waals surface area (Å²) in [5.41, 5.74) is 4.88. The van der Waals surface area contributed by atoms with Crippen molar-refractivity contribution >= 4 is 29.0 Å². The smallest absolute Gasteiger partial charge is 0.235 e. The number of aromatic hydroxyl groups is 1. The maximum Gasteiger partial charge on any atom is 0.235 e. The van der Waals surface area contributed by atoms with Gasteiger partial charge in [-0.15, -0.1) is 0 Å². The van der Waals surface area contributed by atoms with Crippen molar-refractivity contribution < 1.29 is 38.6 Å². The zero-order valence-corrected chi connectivity index (χ0v) is 20.0. The Kier molecular flexibility index (Phi) is 5.31. The van der Waals surface area contributed by atoms with Crippen LogP contribution in [0.4, 0.5) is 0 Å². The Hall–Kier alpha value is -3.63. The van der Waals surface area contributed by atoms with Crippen LogP contribution in [-0.2, 0) is 25.6 Å². The fourth-order valence-electron chi connectivity index (χ4n) is 6.48. The second-order valence-electron chi connectivity index (χ2n) is 10.2. The molecule has 36 heavy (non-hydrogen) atoms. The van der Waals surface area contributed by atoms with E-state index in [2.05, 4.69) is 0 Å². The van der Waals surface area contributed by atoms with Crippen molar-refractivity contribution in [2.24, 2.45) is 29.4 Å². The van der Waals surface area contributed by atoms with Crippen LogP contribution in [0.3, 0.4) is 0 Å². The molecule has 4 N–H and O–H groups in total. The van der Waals surface area contributed by atoms with Crippen molar-refractivity contribution in [3.63, 3.8) is 0 Å². The first-order valence-corrected chi connectivity index (χ1v) is 11.6. The van der Waals surface area contributed by atoms with E-state index in [4.69, 9.17) is 10.2 Å². The second-order valence-corrected chi connectivity index (χ2v) is 10.2. The van der Waals surface area contributed by atoms with Gasteiger partial charge >= 0.3 is 0 Å². The highest BCUT2D eigenvalue weighted by Crippen LogP contribution is 2.52. The van der Waals surface area contributed by atoms with Gasteiger partial charge in [0, 0.05) is 11.5 Å². The van der Waals surface area contributed by atoms with Crippen LogP contribution < -0.4 is 5.73 Å². The van der Waals surface area contributed by atoms with Gasteiger partial charge in [0.05, 0.1) is 30.0 Å².